The lowest BCUT2D eigenvalue weighted by atomic mass is 10.1. The van der Waals surface area contributed by atoms with E-state index in [0.29, 0.717) is 65.4 Å². The third-order valence-electron chi connectivity index (χ3n) is 10.2. The number of rotatable bonds is 25. The van der Waals surface area contributed by atoms with Gasteiger partial charge in [-0.2, -0.15) is 0 Å². The summed E-state index contributed by atoms with van der Waals surface area (Å²) in [7, 11) is 0. The fraction of sp³-hybridized carbons (Fsp3) is 0.200. The number of carbonyl (C=O) groups is 6. The lowest BCUT2D eigenvalue weighted by Gasteiger charge is -2.14. The Hall–Kier alpha value is -8.72. The van der Waals surface area contributed by atoms with Gasteiger partial charge in [-0.15, -0.1) is 0 Å². The van der Waals surface area contributed by atoms with Crippen LogP contribution >= 0.6 is 0 Å². The molecule has 0 N–H and O–H groups in total. The third-order valence-corrected chi connectivity index (χ3v) is 10.2. The number of benzene rings is 6. The van der Waals surface area contributed by atoms with Gasteiger partial charge in [-0.1, -0.05) is 50.9 Å². The van der Waals surface area contributed by atoms with E-state index in [1.54, 1.807) is 91.0 Å². The second kappa shape index (κ2) is 25.4. The SMILES string of the molecule is C=CC(=O)OCCCOc1ccc(C(=O)OCCCOc2ccc3cc(C(=O)Oc4ccc(OC(=O)c5ccc6cc(OC(=O)C=C)ccc6c5)c(CC)c4)ccc3c2)cc1OCCCOC(=O)C=C. The van der Waals surface area contributed by atoms with Gasteiger partial charge < -0.3 is 42.6 Å². The second-order valence-electron chi connectivity index (χ2n) is 15.1. The Labute approximate surface area is 403 Å². The topological polar surface area (TPSA) is 185 Å². The molecular weight excluding hydrogens is 901 g/mol. The average Bonchev–Trinajstić information content (AvgIpc) is 3.38. The highest BCUT2D eigenvalue weighted by Gasteiger charge is 2.17. The van der Waals surface area contributed by atoms with Crippen molar-refractivity contribution in [2.75, 3.05) is 39.6 Å². The van der Waals surface area contributed by atoms with Gasteiger partial charge in [0.1, 0.15) is 23.0 Å². The Kier molecular flexibility index (Phi) is 18.4. The summed E-state index contributed by atoms with van der Waals surface area (Å²) in [4.78, 5) is 73.7. The summed E-state index contributed by atoms with van der Waals surface area (Å²) >= 11 is 0. The van der Waals surface area contributed by atoms with E-state index in [1.807, 2.05) is 19.1 Å². The van der Waals surface area contributed by atoms with Crippen LogP contribution in [0.5, 0.6) is 34.5 Å². The van der Waals surface area contributed by atoms with Crippen LogP contribution in [0.2, 0.25) is 0 Å². The van der Waals surface area contributed by atoms with Gasteiger partial charge in [-0.05, 0) is 118 Å². The molecule has 0 aromatic heterocycles. The van der Waals surface area contributed by atoms with Gasteiger partial charge in [-0.25, -0.2) is 28.8 Å². The molecule has 0 heterocycles. The zero-order valence-corrected chi connectivity index (χ0v) is 38.4. The van der Waals surface area contributed by atoms with Crippen molar-refractivity contribution in [2.45, 2.75) is 32.6 Å². The van der Waals surface area contributed by atoms with Crippen LogP contribution in [0.15, 0.2) is 147 Å². The first kappa shape index (κ1) is 50.7. The van der Waals surface area contributed by atoms with E-state index >= 15 is 0 Å². The molecule has 0 amide bonds. The molecule has 0 radical (unpaired) electrons. The zero-order chi connectivity index (χ0) is 49.8. The number of hydrogen-bond donors (Lipinski definition) is 0. The molecular formula is C55H50O15. The van der Waals surface area contributed by atoms with Gasteiger partial charge in [0.25, 0.3) is 0 Å². The molecule has 0 saturated heterocycles. The highest BCUT2D eigenvalue weighted by Crippen LogP contribution is 2.31. The predicted molar refractivity (Wildman–Crippen MR) is 259 cm³/mol. The maximum atomic E-state index is 13.3. The molecule has 6 aromatic carbocycles. The lowest BCUT2D eigenvalue weighted by Crippen LogP contribution is -2.11. The van der Waals surface area contributed by atoms with Crippen LogP contribution in [0.4, 0.5) is 0 Å². The Morgan fingerprint density at radius 2 is 0.857 bits per heavy atom. The number of ether oxygens (including phenoxy) is 9. The highest BCUT2D eigenvalue weighted by molar-refractivity contribution is 5.98. The van der Waals surface area contributed by atoms with E-state index in [9.17, 15) is 28.8 Å². The van der Waals surface area contributed by atoms with E-state index in [2.05, 4.69) is 19.7 Å². The van der Waals surface area contributed by atoms with Crippen LogP contribution in [0.25, 0.3) is 21.5 Å². The Bertz CT molecular complexity index is 2920. The first-order valence-electron chi connectivity index (χ1n) is 22.2. The fourth-order valence-electron chi connectivity index (χ4n) is 6.64. The number of hydrogen-bond acceptors (Lipinski definition) is 15. The number of fused-ring (bicyclic) bond motifs is 2. The first-order valence-corrected chi connectivity index (χ1v) is 22.2. The normalized spacial score (nSPS) is 10.6. The maximum absolute atomic E-state index is 13.3. The second-order valence-corrected chi connectivity index (χ2v) is 15.1. The van der Waals surface area contributed by atoms with Crippen LogP contribution in [0.1, 0.15) is 62.8 Å². The lowest BCUT2D eigenvalue weighted by molar-refractivity contribution is -0.138. The summed E-state index contributed by atoms with van der Waals surface area (Å²) in [5, 5.41) is 3.12. The average molecular weight is 951 g/mol. The summed E-state index contributed by atoms with van der Waals surface area (Å²) in [5.41, 5.74) is 1.54. The molecule has 15 heteroatoms. The standard InChI is InChI=1S/C55H50O15/c1-5-36-32-46(21-23-47(36)70-55(61)42-15-13-40-34-45(68-52(58)8-4)20-17-38(40)31-42)69-54(60)41-14-12-39-33-44(19-16-37(39)30-41)62-24-9-29-67-53(59)43-18-22-48(63-25-10-27-65-50(56)6-2)49(35-43)64-26-11-28-66-51(57)7-3/h6-8,12-23,30-35H,2-5,9-11,24-29H2,1H3. The van der Waals surface area contributed by atoms with Gasteiger partial charge in [-0.3, -0.25) is 0 Å². The molecule has 0 atom stereocenters. The smallest absolute Gasteiger partial charge is 0.343 e. The summed E-state index contributed by atoms with van der Waals surface area (Å²) in [5.74, 6) is -1.18. The monoisotopic (exact) mass is 950 g/mol. The van der Waals surface area contributed by atoms with Gasteiger partial charge in [0.05, 0.1) is 56.3 Å². The van der Waals surface area contributed by atoms with E-state index in [1.165, 1.54) is 6.07 Å². The van der Waals surface area contributed by atoms with Crippen molar-refractivity contribution >= 4 is 57.4 Å². The zero-order valence-electron chi connectivity index (χ0n) is 38.4. The van der Waals surface area contributed by atoms with Crippen LogP contribution in [0.3, 0.4) is 0 Å². The molecule has 70 heavy (non-hydrogen) atoms. The molecule has 6 rings (SSSR count). The van der Waals surface area contributed by atoms with Gasteiger partial charge >= 0.3 is 35.8 Å². The number of esters is 6. The summed E-state index contributed by atoms with van der Waals surface area (Å²) in [6, 6.07) is 30.1. The van der Waals surface area contributed by atoms with Gasteiger partial charge in [0, 0.05) is 37.5 Å². The third kappa shape index (κ3) is 14.6. The van der Waals surface area contributed by atoms with Crippen LogP contribution in [-0.2, 0) is 35.0 Å². The van der Waals surface area contributed by atoms with E-state index < -0.39 is 35.8 Å². The number of aryl methyl sites for hydroxylation is 1. The summed E-state index contributed by atoms with van der Waals surface area (Å²) in [6.07, 6.45) is 4.89. The summed E-state index contributed by atoms with van der Waals surface area (Å²) < 4.78 is 49.7. The molecule has 0 fully saturated rings. The maximum Gasteiger partial charge on any atom is 0.343 e. The van der Waals surface area contributed by atoms with Crippen molar-refractivity contribution in [3.63, 3.8) is 0 Å². The highest BCUT2D eigenvalue weighted by atomic mass is 16.6. The quantitative estimate of drug-likeness (QED) is 0.0173. The molecule has 6 aromatic rings. The Balaban J connectivity index is 0.971. The fourth-order valence-corrected chi connectivity index (χ4v) is 6.64. The van der Waals surface area contributed by atoms with Gasteiger partial charge in [0.15, 0.2) is 11.5 Å². The Morgan fingerprint density at radius 3 is 1.47 bits per heavy atom. The van der Waals surface area contributed by atoms with E-state index in [0.717, 1.165) is 39.8 Å². The molecule has 0 aliphatic heterocycles. The van der Waals surface area contributed by atoms with Crippen molar-refractivity contribution in [3.8, 4) is 34.5 Å². The summed E-state index contributed by atoms with van der Waals surface area (Å²) in [6.45, 7) is 12.9. The minimum absolute atomic E-state index is 0.0737. The van der Waals surface area contributed by atoms with Crippen molar-refractivity contribution < 1.29 is 71.4 Å². The predicted octanol–water partition coefficient (Wildman–Crippen LogP) is 9.71. The van der Waals surface area contributed by atoms with Crippen LogP contribution in [-0.4, -0.2) is 75.5 Å². The van der Waals surface area contributed by atoms with Crippen LogP contribution in [0, 0.1) is 0 Å². The van der Waals surface area contributed by atoms with Crippen molar-refractivity contribution in [3.05, 3.63) is 169 Å². The van der Waals surface area contributed by atoms with Crippen molar-refractivity contribution in [1.29, 1.82) is 0 Å². The van der Waals surface area contributed by atoms with Crippen LogP contribution < -0.4 is 28.4 Å². The Morgan fingerprint density at radius 1 is 0.400 bits per heavy atom. The van der Waals surface area contributed by atoms with Gasteiger partial charge in [0.2, 0.25) is 0 Å². The molecule has 0 saturated carbocycles. The molecule has 360 valence electrons. The van der Waals surface area contributed by atoms with Crippen molar-refractivity contribution in [2.24, 2.45) is 0 Å². The molecule has 0 bridgehead atoms. The molecule has 0 aliphatic carbocycles. The van der Waals surface area contributed by atoms with Crippen molar-refractivity contribution in [1.82, 2.24) is 0 Å². The van der Waals surface area contributed by atoms with E-state index in [-0.39, 0.29) is 56.7 Å². The number of carbonyl (C=O) groups excluding carboxylic acids is 6. The molecule has 0 spiro atoms. The molecule has 15 nitrogen and oxygen atoms in total. The largest absolute Gasteiger partial charge is 0.493 e. The molecule has 0 unspecified atom stereocenters. The molecule has 0 aliphatic rings. The first-order chi connectivity index (χ1) is 34.0. The minimum atomic E-state index is -0.581. The van der Waals surface area contributed by atoms with E-state index in [4.69, 9.17) is 42.6 Å². The minimum Gasteiger partial charge on any atom is -0.493 e.